The monoisotopic (exact) mass is 331 g/mol. The van der Waals surface area contributed by atoms with E-state index in [1.807, 2.05) is 17.0 Å². The number of benzene rings is 1. The summed E-state index contributed by atoms with van der Waals surface area (Å²) in [5, 5.41) is 0. The molecule has 1 amide bonds. The molecule has 1 saturated heterocycles. The quantitative estimate of drug-likeness (QED) is 0.778. The SMILES string of the molecule is CCCCC(=O)N1CCC(C(=O)c2ccc3c(c2)OCCO3)CC1. The first-order chi connectivity index (χ1) is 11.7. The Bertz CT molecular complexity index is 605. The van der Waals surface area contributed by atoms with Gasteiger partial charge in [-0.3, -0.25) is 9.59 Å². The van der Waals surface area contributed by atoms with E-state index in [1.54, 1.807) is 6.07 Å². The molecule has 0 bridgehead atoms. The maximum Gasteiger partial charge on any atom is 0.222 e. The number of carbonyl (C=O) groups is 2. The third kappa shape index (κ3) is 3.71. The Morgan fingerprint density at radius 3 is 2.54 bits per heavy atom. The maximum atomic E-state index is 12.7. The number of ether oxygens (including phenoxy) is 2. The van der Waals surface area contributed by atoms with Crippen molar-refractivity contribution < 1.29 is 19.1 Å². The zero-order valence-corrected chi connectivity index (χ0v) is 14.3. The topological polar surface area (TPSA) is 55.8 Å². The number of ketones is 1. The third-order valence-corrected chi connectivity index (χ3v) is 4.79. The van der Waals surface area contributed by atoms with Crippen molar-refractivity contribution in [2.45, 2.75) is 39.0 Å². The normalized spacial score (nSPS) is 17.6. The minimum Gasteiger partial charge on any atom is -0.486 e. The van der Waals surface area contributed by atoms with Crippen LogP contribution in [0.3, 0.4) is 0 Å². The van der Waals surface area contributed by atoms with E-state index in [4.69, 9.17) is 9.47 Å². The fourth-order valence-electron chi connectivity index (χ4n) is 3.31. The van der Waals surface area contributed by atoms with Crippen LogP contribution < -0.4 is 9.47 Å². The second-order valence-electron chi connectivity index (χ2n) is 6.48. The number of rotatable bonds is 5. The van der Waals surface area contributed by atoms with E-state index in [2.05, 4.69) is 6.92 Å². The van der Waals surface area contributed by atoms with E-state index < -0.39 is 0 Å². The Morgan fingerprint density at radius 2 is 1.83 bits per heavy atom. The van der Waals surface area contributed by atoms with Gasteiger partial charge in [-0.2, -0.15) is 0 Å². The molecule has 1 aromatic rings. The predicted octanol–water partition coefficient (Wildman–Crippen LogP) is 3.07. The van der Waals surface area contributed by atoms with Gasteiger partial charge in [0.25, 0.3) is 0 Å². The number of hydrogen-bond donors (Lipinski definition) is 0. The number of hydrogen-bond acceptors (Lipinski definition) is 4. The lowest BCUT2D eigenvalue weighted by Gasteiger charge is -2.31. The van der Waals surface area contributed by atoms with Gasteiger partial charge in [-0.05, 0) is 37.5 Å². The summed E-state index contributed by atoms with van der Waals surface area (Å²) in [6, 6.07) is 5.41. The second kappa shape index (κ2) is 7.69. The highest BCUT2D eigenvalue weighted by Gasteiger charge is 2.28. The lowest BCUT2D eigenvalue weighted by Crippen LogP contribution is -2.40. The minimum absolute atomic E-state index is 0.0113. The lowest BCUT2D eigenvalue weighted by molar-refractivity contribution is -0.132. The van der Waals surface area contributed by atoms with Crippen molar-refractivity contribution in [2.24, 2.45) is 5.92 Å². The van der Waals surface area contributed by atoms with Gasteiger partial charge in [0.05, 0.1) is 0 Å². The average Bonchev–Trinajstić information content (AvgIpc) is 2.65. The highest BCUT2D eigenvalue weighted by atomic mass is 16.6. The van der Waals surface area contributed by atoms with Crippen LogP contribution in [0.15, 0.2) is 18.2 Å². The van der Waals surface area contributed by atoms with Gasteiger partial charge >= 0.3 is 0 Å². The number of carbonyl (C=O) groups excluding carboxylic acids is 2. The summed E-state index contributed by atoms with van der Waals surface area (Å²) in [6.45, 7) is 4.52. The lowest BCUT2D eigenvalue weighted by atomic mass is 9.88. The van der Waals surface area contributed by atoms with Crippen LogP contribution in [-0.4, -0.2) is 42.9 Å². The summed E-state index contributed by atoms with van der Waals surface area (Å²) in [6.07, 6.45) is 4.08. The fraction of sp³-hybridized carbons (Fsp3) is 0.579. The van der Waals surface area contributed by atoms with Crippen molar-refractivity contribution in [3.05, 3.63) is 23.8 Å². The van der Waals surface area contributed by atoms with Crippen molar-refractivity contribution in [3.8, 4) is 11.5 Å². The summed E-state index contributed by atoms with van der Waals surface area (Å²) >= 11 is 0. The van der Waals surface area contributed by atoms with Crippen molar-refractivity contribution >= 4 is 11.7 Å². The average molecular weight is 331 g/mol. The highest BCUT2D eigenvalue weighted by Crippen LogP contribution is 2.32. The van der Waals surface area contributed by atoms with E-state index in [-0.39, 0.29) is 17.6 Å². The number of likely N-dealkylation sites (tertiary alicyclic amines) is 1. The molecule has 0 N–H and O–H groups in total. The van der Waals surface area contributed by atoms with Crippen LogP contribution in [-0.2, 0) is 4.79 Å². The zero-order valence-electron chi connectivity index (χ0n) is 14.3. The van der Waals surface area contributed by atoms with Gasteiger partial charge < -0.3 is 14.4 Å². The molecule has 0 spiro atoms. The van der Waals surface area contributed by atoms with Gasteiger partial charge in [0, 0.05) is 31.0 Å². The molecule has 1 fully saturated rings. The molecule has 0 radical (unpaired) electrons. The molecule has 24 heavy (non-hydrogen) atoms. The molecule has 2 aliphatic heterocycles. The zero-order chi connectivity index (χ0) is 16.9. The number of unbranched alkanes of at least 4 members (excludes halogenated alkanes) is 1. The molecule has 0 unspecified atom stereocenters. The van der Waals surface area contributed by atoms with Gasteiger partial charge in [-0.1, -0.05) is 13.3 Å². The predicted molar refractivity (Wildman–Crippen MR) is 90.6 cm³/mol. The molecule has 5 heteroatoms. The maximum absolute atomic E-state index is 12.7. The van der Waals surface area contributed by atoms with Gasteiger partial charge in [-0.15, -0.1) is 0 Å². The largest absolute Gasteiger partial charge is 0.486 e. The Kier molecular flexibility index (Phi) is 5.38. The van der Waals surface area contributed by atoms with Crippen molar-refractivity contribution in [3.63, 3.8) is 0 Å². The van der Waals surface area contributed by atoms with Gasteiger partial charge in [0.1, 0.15) is 13.2 Å². The molecule has 1 aromatic carbocycles. The number of nitrogens with zero attached hydrogens (tertiary/aromatic N) is 1. The summed E-state index contributed by atoms with van der Waals surface area (Å²) in [7, 11) is 0. The second-order valence-corrected chi connectivity index (χ2v) is 6.48. The fourth-order valence-corrected chi connectivity index (χ4v) is 3.31. The molecule has 2 aliphatic rings. The van der Waals surface area contributed by atoms with Gasteiger partial charge in [0.15, 0.2) is 17.3 Å². The van der Waals surface area contributed by atoms with E-state index >= 15 is 0 Å². The molecule has 0 atom stereocenters. The van der Waals surface area contributed by atoms with E-state index in [0.717, 1.165) is 25.7 Å². The first-order valence-corrected chi connectivity index (χ1v) is 8.90. The Morgan fingerprint density at radius 1 is 1.12 bits per heavy atom. The van der Waals surface area contributed by atoms with Crippen molar-refractivity contribution in [1.82, 2.24) is 4.90 Å². The highest BCUT2D eigenvalue weighted by molar-refractivity contribution is 5.98. The number of Topliss-reactive ketones (excluding diaryl/α,β-unsaturated/α-hetero) is 1. The Balaban J connectivity index is 1.58. The molecule has 0 aromatic heterocycles. The molecule has 0 saturated carbocycles. The van der Waals surface area contributed by atoms with Crippen molar-refractivity contribution in [1.29, 1.82) is 0 Å². The first-order valence-electron chi connectivity index (χ1n) is 8.90. The number of piperidine rings is 1. The van der Waals surface area contributed by atoms with E-state index in [0.29, 0.717) is 49.8 Å². The van der Waals surface area contributed by atoms with E-state index in [1.165, 1.54) is 0 Å². The summed E-state index contributed by atoms with van der Waals surface area (Å²) in [4.78, 5) is 26.7. The van der Waals surface area contributed by atoms with Gasteiger partial charge in [0.2, 0.25) is 5.91 Å². The van der Waals surface area contributed by atoms with Crippen LogP contribution in [0.4, 0.5) is 0 Å². The molecule has 3 rings (SSSR count). The molecule has 2 heterocycles. The number of amides is 1. The third-order valence-electron chi connectivity index (χ3n) is 4.79. The van der Waals surface area contributed by atoms with Crippen LogP contribution in [0.1, 0.15) is 49.4 Å². The molecule has 5 nitrogen and oxygen atoms in total. The molecular formula is C19H25NO4. The number of fused-ring (bicyclic) bond motifs is 1. The first kappa shape index (κ1) is 16.8. The molecule has 0 aliphatic carbocycles. The van der Waals surface area contributed by atoms with Crippen LogP contribution in [0.5, 0.6) is 11.5 Å². The summed E-state index contributed by atoms with van der Waals surface area (Å²) in [5.74, 6) is 1.71. The smallest absolute Gasteiger partial charge is 0.222 e. The molecular weight excluding hydrogens is 306 g/mol. The van der Waals surface area contributed by atoms with Crippen LogP contribution in [0.2, 0.25) is 0 Å². The van der Waals surface area contributed by atoms with Crippen LogP contribution in [0.25, 0.3) is 0 Å². The molecule has 130 valence electrons. The standard InChI is InChI=1S/C19H25NO4/c1-2-3-4-18(21)20-9-7-14(8-10-20)19(22)15-5-6-16-17(13-15)24-12-11-23-16/h5-6,13-14H,2-4,7-12H2,1H3. The van der Waals surface area contributed by atoms with Gasteiger partial charge in [-0.25, -0.2) is 0 Å². The Labute approximate surface area is 142 Å². The Hall–Kier alpha value is -2.04. The summed E-state index contributed by atoms with van der Waals surface area (Å²) < 4.78 is 11.1. The van der Waals surface area contributed by atoms with Crippen molar-refractivity contribution in [2.75, 3.05) is 26.3 Å². The minimum atomic E-state index is -0.0113. The summed E-state index contributed by atoms with van der Waals surface area (Å²) in [5.41, 5.74) is 0.676. The van der Waals surface area contributed by atoms with Crippen LogP contribution >= 0.6 is 0 Å². The van der Waals surface area contributed by atoms with Crippen LogP contribution in [0, 0.1) is 5.92 Å². The van der Waals surface area contributed by atoms with E-state index in [9.17, 15) is 9.59 Å².